The number of carbonyl (C=O) groups is 1. The summed E-state index contributed by atoms with van der Waals surface area (Å²) >= 11 is 1.50. The summed E-state index contributed by atoms with van der Waals surface area (Å²) < 4.78 is 28.8. The SMILES string of the molecule is CCCN(CCC)S(=O)(=O)c1ccc(C(=O)N(CCN(C)C)c2nc3ccc(CC)cc3s2)cc1.Cl. The standard InChI is InChI=1S/C26H36N4O3S2.ClH/c1-6-15-29(16-7-2)35(32,33)22-12-10-21(11-13-22)25(31)30(18-17-28(4)5)26-27-23-14-9-20(8-3)19-24(23)34-26;/h9-14,19H,6-8,15-18H2,1-5H3;1H. The van der Waals surface area contributed by atoms with Gasteiger partial charge in [-0.25, -0.2) is 13.4 Å². The molecule has 10 heteroatoms. The van der Waals surface area contributed by atoms with Gasteiger partial charge in [0.25, 0.3) is 5.91 Å². The van der Waals surface area contributed by atoms with E-state index in [1.165, 1.54) is 33.3 Å². The summed E-state index contributed by atoms with van der Waals surface area (Å²) in [5.41, 5.74) is 2.54. The number of fused-ring (bicyclic) bond motifs is 1. The Morgan fingerprint density at radius 3 is 2.11 bits per heavy atom. The number of aryl methyl sites for hydroxylation is 1. The first-order valence-corrected chi connectivity index (χ1v) is 14.4. The van der Waals surface area contributed by atoms with Crippen LogP contribution in [0.4, 0.5) is 5.13 Å². The van der Waals surface area contributed by atoms with Gasteiger partial charge in [0.2, 0.25) is 10.0 Å². The van der Waals surface area contributed by atoms with Crippen LogP contribution in [0.15, 0.2) is 47.4 Å². The summed E-state index contributed by atoms with van der Waals surface area (Å²) in [6.07, 6.45) is 2.44. The lowest BCUT2D eigenvalue weighted by atomic mass is 10.2. The minimum Gasteiger partial charge on any atom is -0.308 e. The number of rotatable bonds is 12. The molecule has 7 nitrogen and oxygen atoms in total. The van der Waals surface area contributed by atoms with Gasteiger partial charge in [0.05, 0.1) is 15.1 Å². The molecule has 2 aromatic carbocycles. The lowest BCUT2D eigenvalue weighted by molar-refractivity contribution is 0.0985. The van der Waals surface area contributed by atoms with E-state index in [1.54, 1.807) is 17.0 Å². The van der Waals surface area contributed by atoms with E-state index in [9.17, 15) is 13.2 Å². The molecule has 36 heavy (non-hydrogen) atoms. The van der Waals surface area contributed by atoms with Crippen LogP contribution in [0, 0.1) is 0 Å². The number of halogens is 1. The van der Waals surface area contributed by atoms with Crippen LogP contribution in [0.1, 0.15) is 49.5 Å². The van der Waals surface area contributed by atoms with E-state index < -0.39 is 10.0 Å². The van der Waals surface area contributed by atoms with Crippen molar-refractivity contribution in [3.63, 3.8) is 0 Å². The van der Waals surface area contributed by atoms with Crippen LogP contribution in [0.2, 0.25) is 0 Å². The van der Waals surface area contributed by atoms with Gasteiger partial charge in [-0.2, -0.15) is 4.31 Å². The van der Waals surface area contributed by atoms with Gasteiger partial charge in [0.15, 0.2) is 5.13 Å². The van der Waals surface area contributed by atoms with Gasteiger partial charge < -0.3 is 4.90 Å². The van der Waals surface area contributed by atoms with E-state index in [-0.39, 0.29) is 23.2 Å². The molecular weight excluding hydrogens is 516 g/mol. The van der Waals surface area contributed by atoms with E-state index in [1.807, 2.05) is 38.9 Å². The highest BCUT2D eigenvalue weighted by molar-refractivity contribution is 7.89. The van der Waals surface area contributed by atoms with Crippen LogP contribution in [0.25, 0.3) is 10.2 Å². The van der Waals surface area contributed by atoms with Gasteiger partial charge in [0.1, 0.15) is 0 Å². The lowest BCUT2D eigenvalue weighted by Gasteiger charge is -2.23. The fourth-order valence-electron chi connectivity index (χ4n) is 3.80. The number of nitrogens with zero attached hydrogens (tertiary/aromatic N) is 4. The molecule has 0 unspecified atom stereocenters. The Morgan fingerprint density at radius 2 is 1.56 bits per heavy atom. The predicted octanol–water partition coefficient (Wildman–Crippen LogP) is 5.30. The van der Waals surface area contributed by atoms with Crippen molar-refractivity contribution >= 4 is 55.0 Å². The van der Waals surface area contributed by atoms with E-state index in [2.05, 4.69) is 19.1 Å². The fourth-order valence-corrected chi connectivity index (χ4v) is 6.48. The summed E-state index contributed by atoms with van der Waals surface area (Å²) in [6.45, 7) is 8.16. The number of hydrogen-bond acceptors (Lipinski definition) is 6. The van der Waals surface area contributed by atoms with Crippen LogP contribution < -0.4 is 4.90 Å². The van der Waals surface area contributed by atoms with E-state index >= 15 is 0 Å². The first-order valence-electron chi connectivity index (χ1n) is 12.2. The Morgan fingerprint density at radius 1 is 0.917 bits per heavy atom. The number of sulfonamides is 1. The van der Waals surface area contributed by atoms with E-state index in [0.29, 0.717) is 36.9 Å². The quantitative estimate of drug-likeness (QED) is 0.305. The Bertz CT molecular complexity index is 1240. The maximum Gasteiger partial charge on any atom is 0.260 e. The summed E-state index contributed by atoms with van der Waals surface area (Å²) in [5, 5.41) is 0.647. The number of thiazole rings is 1. The first kappa shape index (κ1) is 30.2. The zero-order valence-electron chi connectivity index (χ0n) is 21.7. The molecule has 0 aliphatic rings. The molecular formula is C26H37ClN4O3S2. The summed E-state index contributed by atoms with van der Waals surface area (Å²) in [4.78, 5) is 22.2. The normalized spacial score (nSPS) is 11.8. The molecule has 0 spiro atoms. The molecule has 0 N–H and O–H groups in total. The van der Waals surface area contributed by atoms with Crippen molar-refractivity contribution < 1.29 is 13.2 Å². The fraction of sp³-hybridized carbons (Fsp3) is 0.462. The average molecular weight is 553 g/mol. The lowest BCUT2D eigenvalue weighted by Crippen LogP contribution is -2.36. The first-order chi connectivity index (χ1) is 16.7. The summed E-state index contributed by atoms with van der Waals surface area (Å²) in [5.74, 6) is -0.190. The van der Waals surface area contributed by atoms with E-state index in [4.69, 9.17) is 4.98 Å². The number of aromatic nitrogens is 1. The average Bonchev–Trinajstić information content (AvgIpc) is 3.26. The highest BCUT2D eigenvalue weighted by Gasteiger charge is 2.25. The zero-order valence-corrected chi connectivity index (χ0v) is 24.2. The van der Waals surface area contributed by atoms with Gasteiger partial charge in [-0.1, -0.05) is 38.2 Å². The topological polar surface area (TPSA) is 73.8 Å². The van der Waals surface area contributed by atoms with Crippen molar-refractivity contribution in [1.82, 2.24) is 14.2 Å². The van der Waals surface area contributed by atoms with Crippen molar-refractivity contribution in [3.8, 4) is 0 Å². The molecule has 0 saturated heterocycles. The molecule has 1 amide bonds. The summed E-state index contributed by atoms with van der Waals surface area (Å²) in [7, 11) is 0.335. The molecule has 0 aliphatic carbocycles. The molecule has 3 aromatic rings. The molecule has 0 radical (unpaired) electrons. The highest BCUT2D eigenvalue weighted by atomic mass is 35.5. The van der Waals surface area contributed by atoms with Crippen molar-refractivity contribution in [2.75, 3.05) is 45.2 Å². The maximum atomic E-state index is 13.6. The second-order valence-electron chi connectivity index (χ2n) is 8.84. The van der Waals surface area contributed by atoms with Gasteiger partial charge in [-0.05, 0) is 75.3 Å². The molecule has 1 heterocycles. The number of hydrogen-bond donors (Lipinski definition) is 0. The maximum absolute atomic E-state index is 13.6. The molecule has 1 aromatic heterocycles. The van der Waals surface area contributed by atoms with Gasteiger partial charge >= 0.3 is 0 Å². The van der Waals surface area contributed by atoms with Gasteiger partial charge in [-0.3, -0.25) is 9.69 Å². The smallest absolute Gasteiger partial charge is 0.260 e. The number of likely N-dealkylation sites (N-methyl/N-ethyl adjacent to an activating group) is 1. The highest BCUT2D eigenvalue weighted by Crippen LogP contribution is 2.31. The molecule has 0 aliphatic heterocycles. The van der Waals surface area contributed by atoms with Gasteiger partial charge in [0, 0.05) is 31.7 Å². The number of carbonyl (C=O) groups excluding carboxylic acids is 1. The Labute approximate surface area is 225 Å². The van der Waals surface area contributed by atoms with Crippen LogP contribution in [0.5, 0.6) is 0 Å². The molecule has 0 fully saturated rings. The molecule has 0 saturated carbocycles. The van der Waals surface area contributed by atoms with Gasteiger partial charge in [-0.15, -0.1) is 12.4 Å². The second kappa shape index (κ2) is 13.5. The monoisotopic (exact) mass is 552 g/mol. The van der Waals surface area contributed by atoms with Crippen LogP contribution in [-0.2, 0) is 16.4 Å². The van der Waals surface area contributed by atoms with Crippen LogP contribution >= 0.6 is 23.7 Å². The Hall–Kier alpha value is -2.04. The third kappa shape index (κ3) is 7.04. The van der Waals surface area contributed by atoms with Crippen molar-refractivity contribution in [1.29, 1.82) is 0 Å². The Kier molecular flexibility index (Phi) is 11.3. The summed E-state index contributed by atoms with van der Waals surface area (Å²) in [6, 6.07) is 12.5. The van der Waals surface area contributed by atoms with E-state index in [0.717, 1.165) is 29.5 Å². The largest absolute Gasteiger partial charge is 0.308 e. The third-order valence-electron chi connectivity index (χ3n) is 5.78. The third-order valence-corrected chi connectivity index (χ3v) is 8.74. The number of amides is 1. The van der Waals surface area contributed by atoms with Crippen LogP contribution in [-0.4, -0.2) is 68.8 Å². The van der Waals surface area contributed by atoms with Crippen molar-refractivity contribution in [2.24, 2.45) is 0 Å². The second-order valence-corrected chi connectivity index (χ2v) is 11.8. The number of benzene rings is 2. The molecule has 198 valence electrons. The predicted molar refractivity (Wildman–Crippen MR) is 152 cm³/mol. The Balaban J connectivity index is 0.00000456. The molecule has 0 atom stereocenters. The minimum absolute atomic E-state index is 0. The van der Waals surface area contributed by atoms with Crippen molar-refractivity contribution in [3.05, 3.63) is 53.6 Å². The molecule has 0 bridgehead atoms. The minimum atomic E-state index is -3.59. The number of anilines is 1. The zero-order chi connectivity index (χ0) is 25.6. The van der Waals surface area contributed by atoms with Crippen LogP contribution in [0.3, 0.4) is 0 Å². The molecule has 3 rings (SSSR count). The van der Waals surface area contributed by atoms with Crippen molar-refractivity contribution in [2.45, 2.75) is 44.9 Å².